The lowest BCUT2D eigenvalue weighted by Crippen LogP contribution is -2.36. The average Bonchev–Trinajstić information content (AvgIpc) is 2.69. The molecular weight excluding hydrogens is 322 g/mol. The summed E-state index contributed by atoms with van der Waals surface area (Å²) in [6.07, 6.45) is 5.03. The topological polar surface area (TPSA) is 32.7 Å². The van der Waals surface area contributed by atoms with E-state index in [1.807, 2.05) is 0 Å². The highest BCUT2D eigenvalue weighted by Gasteiger charge is 2.16. The first-order chi connectivity index (χ1) is 12.7. The molecule has 3 heteroatoms. The van der Waals surface area contributed by atoms with E-state index < -0.39 is 0 Å². The molecule has 0 aromatic heterocycles. The Labute approximate surface area is 157 Å². The monoisotopic (exact) mass is 353 g/mol. The minimum atomic E-state index is -0.0875. The maximum absolute atomic E-state index is 9.61. The van der Waals surface area contributed by atoms with Crippen LogP contribution in [0.15, 0.2) is 48.5 Å². The Morgan fingerprint density at radius 1 is 1.00 bits per heavy atom. The van der Waals surface area contributed by atoms with E-state index in [-0.39, 0.29) is 6.10 Å². The third-order valence-electron chi connectivity index (χ3n) is 5.32. The molecule has 0 bridgehead atoms. The standard InChI is InChI=1S/C23H31NO2/c1-2-19-9-11-23(12-10-19)26-18-21-7-4-3-6-20(21)8-5-15-24-16-13-22(25)14-17-24/h3-4,6-7,9-12,22,25H,2,5,8,13-18H2,1H3. The maximum atomic E-state index is 9.61. The largest absolute Gasteiger partial charge is 0.489 e. The van der Waals surface area contributed by atoms with Crippen LogP contribution in [-0.4, -0.2) is 35.7 Å². The Morgan fingerprint density at radius 2 is 1.69 bits per heavy atom. The predicted molar refractivity (Wildman–Crippen MR) is 107 cm³/mol. The van der Waals surface area contributed by atoms with Gasteiger partial charge in [-0.1, -0.05) is 43.3 Å². The molecule has 140 valence electrons. The van der Waals surface area contributed by atoms with Crippen molar-refractivity contribution in [3.63, 3.8) is 0 Å². The minimum absolute atomic E-state index is 0.0875. The normalized spacial score (nSPS) is 15.9. The third-order valence-corrected chi connectivity index (χ3v) is 5.32. The molecule has 2 aromatic carbocycles. The van der Waals surface area contributed by atoms with Crippen LogP contribution in [0.5, 0.6) is 5.75 Å². The molecule has 0 aliphatic carbocycles. The molecule has 1 heterocycles. The lowest BCUT2D eigenvalue weighted by atomic mass is 10.0. The minimum Gasteiger partial charge on any atom is -0.489 e. The van der Waals surface area contributed by atoms with E-state index in [1.165, 1.54) is 16.7 Å². The molecule has 2 aromatic rings. The molecule has 1 N–H and O–H groups in total. The smallest absolute Gasteiger partial charge is 0.119 e. The Hall–Kier alpha value is -1.84. The second-order valence-corrected chi connectivity index (χ2v) is 7.23. The summed E-state index contributed by atoms with van der Waals surface area (Å²) in [6.45, 7) is 5.95. The molecule has 1 aliphatic heterocycles. The zero-order chi connectivity index (χ0) is 18.2. The van der Waals surface area contributed by atoms with Crippen molar-refractivity contribution in [3.05, 3.63) is 65.2 Å². The lowest BCUT2D eigenvalue weighted by Gasteiger charge is -2.29. The van der Waals surface area contributed by atoms with Crippen LogP contribution in [0.3, 0.4) is 0 Å². The van der Waals surface area contributed by atoms with Crippen LogP contribution in [0.25, 0.3) is 0 Å². The SMILES string of the molecule is CCc1ccc(OCc2ccccc2CCCN2CCC(O)CC2)cc1. The summed E-state index contributed by atoms with van der Waals surface area (Å²) in [5, 5.41) is 9.61. The van der Waals surface area contributed by atoms with Crippen LogP contribution < -0.4 is 4.74 Å². The van der Waals surface area contributed by atoms with Crippen LogP contribution in [0.1, 0.15) is 42.9 Å². The molecule has 3 rings (SSSR count). The first-order valence-electron chi connectivity index (χ1n) is 9.93. The molecule has 0 atom stereocenters. The van der Waals surface area contributed by atoms with Gasteiger partial charge in [-0.25, -0.2) is 0 Å². The molecule has 0 spiro atoms. The van der Waals surface area contributed by atoms with E-state index in [9.17, 15) is 5.11 Å². The molecule has 1 aliphatic rings. The zero-order valence-corrected chi connectivity index (χ0v) is 15.9. The number of likely N-dealkylation sites (tertiary alicyclic amines) is 1. The van der Waals surface area contributed by atoms with Crippen molar-refractivity contribution in [2.24, 2.45) is 0 Å². The molecule has 1 saturated heterocycles. The van der Waals surface area contributed by atoms with E-state index >= 15 is 0 Å². The summed E-state index contributed by atoms with van der Waals surface area (Å²) in [5.74, 6) is 0.934. The molecular formula is C23H31NO2. The van der Waals surface area contributed by atoms with Gasteiger partial charge in [-0.05, 0) is 67.5 Å². The molecule has 0 radical (unpaired) electrons. The van der Waals surface area contributed by atoms with Gasteiger partial charge in [0.2, 0.25) is 0 Å². The number of hydrogen-bond donors (Lipinski definition) is 1. The molecule has 0 amide bonds. The summed E-state index contributed by atoms with van der Waals surface area (Å²) in [5.41, 5.74) is 4.00. The highest BCUT2D eigenvalue weighted by molar-refractivity contribution is 5.30. The third kappa shape index (κ3) is 5.58. The predicted octanol–water partition coefficient (Wildman–Crippen LogP) is 4.22. The van der Waals surface area contributed by atoms with E-state index in [4.69, 9.17) is 4.74 Å². The molecule has 0 saturated carbocycles. The van der Waals surface area contributed by atoms with E-state index in [0.717, 1.165) is 57.5 Å². The van der Waals surface area contributed by atoms with Crippen molar-refractivity contribution < 1.29 is 9.84 Å². The van der Waals surface area contributed by atoms with Gasteiger partial charge in [-0.15, -0.1) is 0 Å². The quantitative estimate of drug-likeness (QED) is 0.771. The fourth-order valence-electron chi connectivity index (χ4n) is 3.56. The Bertz CT molecular complexity index is 660. The van der Waals surface area contributed by atoms with Crippen molar-refractivity contribution in [2.75, 3.05) is 19.6 Å². The second-order valence-electron chi connectivity index (χ2n) is 7.23. The van der Waals surface area contributed by atoms with E-state index in [0.29, 0.717) is 6.61 Å². The van der Waals surface area contributed by atoms with Gasteiger partial charge in [0.05, 0.1) is 6.10 Å². The average molecular weight is 354 g/mol. The van der Waals surface area contributed by atoms with E-state index in [1.54, 1.807) is 0 Å². The van der Waals surface area contributed by atoms with Crippen LogP contribution in [-0.2, 0) is 19.4 Å². The Kier molecular flexibility index (Phi) is 7.10. The van der Waals surface area contributed by atoms with Gasteiger partial charge in [-0.2, -0.15) is 0 Å². The number of nitrogens with zero attached hydrogens (tertiary/aromatic N) is 1. The first kappa shape index (κ1) is 18.9. The highest BCUT2D eigenvalue weighted by atomic mass is 16.5. The fraction of sp³-hybridized carbons (Fsp3) is 0.478. The molecule has 0 unspecified atom stereocenters. The second kappa shape index (κ2) is 9.75. The van der Waals surface area contributed by atoms with Gasteiger partial charge in [-0.3, -0.25) is 0 Å². The molecule has 26 heavy (non-hydrogen) atoms. The number of aliphatic hydroxyl groups excluding tert-OH is 1. The Balaban J connectivity index is 1.49. The van der Waals surface area contributed by atoms with Gasteiger partial charge >= 0.3 is 0 Å². The molecule has 3 nitrogen and oxygen atoms in total. The fourth-order valence-corrected chi connectivity index (χ4v) is 3.56. The highest BCUT2D eigenvalue weighted by Crippen LogP contribution is 2.18. The van der Waals surface area contributed by atoms with Gasteiger partial charge in [0.15, 0.2) is 0 Å². The summed E-state index contributed by atoms with van der Waals surface area (Å²) in [7, 11) is 0. The number of ether oxygens (including phenoxy) is 1. The summed E-state index contributed by atoms with van der Waals surface area (Å²) in [6, 6.07) is 17.0. The van der Waals surface area contributed by atoms with Crippen LogP contribution in [0.2, 0.25) is 0 Å². The maximum Gasteiger partial charge on any atom is 0.119 e. The van der Waals surface area contributed by atoms with Crippen molar-refractivity contribution in [3.8, 4) is 5.75 Å². The first-order valence-corrected chi connectivity index (χ1v) is 9.93. The van der Waals surface area contributed by atoms with Crippen LogP contribution >= 0.6 is 0 Å². The lowest BCUT2D eigenvalue weighted by molar-refractivity contribution is 0.0821. The van der Waals surface area contributed by atoms with Crippen molar-refractivity contribution in [1.82, 2.24) is 4.90 Å². The number of piperidine rings is 1. The summed E-state index contributed by atoms with van der Waals surface area (Å²) < 4.78 is 6.00. The van der Waals surface area contributed by atoms with Crippen molar-refractivity contribution in [1.29, 1.82) is 0 Å². The summed E-state index contributed by atoms with van der Waals surface area (Å²) in [4.78, 5) is 2.47. The summed E-state index contributed by atoms with van der Waals surface area (Å²) >= 11 is 0. The number of aliphatic hydroxyl groups is 1. The zero-order valence-electron chi connectivity index (χ0n) is 15.9. The van der Waals surface area contributed by atoms with Crippen LogP contribution in [0, 0.1) is 0 Å². The number of benzene rings is 2. The van der Waals surface area contributed by atoms with E-state index in [2.05, 4.69) is 60.4 Å². The van der Waals surface area contributed by atoms with Crippen molar-refractivity contribution in [2.45, 2.75) is 51.7 Å². The Morgan fingerprint density at radius 3 is 2.38 bits per heavy atom. The van der Waals surface area contributed by atoms with Gasteiger partial charge in [0.25, 0.3) is 0 Å². The van der Waals surface area contributed by atoms with Crippen molar-refractivity contribution >= 4 is 0 Å². The number of aryl methyl sites for hydroxylation is 2. The van der Waals surface area contributed by atoms with Crippen LogP contribution in [0.4, 0.5) is 0 Å². The van der Waals surface area contributed by atoms with Gasteiger partial charge < -0.3 is 14.7 Å². The van der Waals surface area contributed by atoms with Gasteiger partial charge in [0.1, 0.15) is 12.4 Å². The van der Waals surface area contributed by atoms with Gasteiger partial charge in [0, 0.05) is 13.1 Å². The number of hydrogen-bond acceptors (Lipinski definition) is 3. The number of rotatable bonds is 8. The molecule has 1 fully saturated rings.